The summed E-state index contributed by atoms with van der Waals surface area (Å²) in [7, 11) is 4.38. The molecular weight excluding hydrogens is 367 g/mol. The zero-order valence-corrected chi connectivity index (χ0v) is 18.4. The highest BCUT2D eigenvalue weighted by molar-refractivity contribution is 7.17. The lowest BCUT2D eigenvalue weighted by Crippen LogP contribution is -2.47. The van der Waals surface area contributed by atoms with E-state index in [1.807, 2.05) is 38.1 Å². The average molecular weight is 398 g/mol. The molecule has 0 bridgehead atoms. The minimum atomic E-state index is -0.187. The van der Waals surface area contributed by atoms with Gasteiger partial charge in [-0.1, -0.05) is 35.9 Å². The molecule has 3 atom stereocenters. The van der Waals surface area contributed by atoms with Crippen LogP contribution in [0.25, 0.3) is 0 Å². The summed E-state index contributed by atoms with van der Waals surface area (Å²) in [5, 5.41) is 5.72. The summed E-state index contributed by atoms with van der Waals surface area (Å²) in [4.78, 5) is 24.9. The van der Waals surface area contributed by atoms with Crippen LogP contribution in [0.2, 0.25) is 0 Å². The van der Waals surface area contributed by atoms with E-state index in [1.165, 1.54) is 5.56 Å². The molecule has 2 rings (SSSR count). The van der Waals surface area contributed by atoms with Gasteiger partial charge in [-0.2, -0.15) is 0 Å². The van der Waals surface area contributed by atoms with Gasteiger partial charge in [0.25, 0.3) is 5.91 Å². The number of nitrogens with one attached hydrogen (secondary N) is 2. The lowest BCUT2D eigenvalue weighted by atomic mass is 9.91. The summed E-state index contributed by atoms with van der Waals surface area (Å²) >= 11 is 0. The number of likely N-dealkylation sites (N-methyl/N-ethyl adjacent to an activating group) is 1. The highest BCUT2D eigenvalue weighted by Gasteiger charge is 2.29. The Bertz CT molecular complexity index is 805. The Morgan fingerprint density at radius 2 is 1.75 bits per heavy atom. The Hall–Kier alpha value is -2.19. The number of hydrogen-bond acceptors (Lipinski definition) is 2. The summed E-state index contributed by atoms with van der Waals surface area (Å²) in [6, 6.07) is 10.4. The summed E-state index contributed by atoms with van der Waals surface area (Å²) in [6.07, 6.45) is 6.43. The van der Waals surface area contributed by atoms with Gasteiger partial charge in [0.15, 0.2) is 0 Å². The summed E-state index contributed by atoms with van der Waals surface area (Å²) < 4.78 is 0. The molecule has 0 aliphatic heterocycles. The molecule has 0 heterocycles. The molecule has 0 saturated heterocycles. The number of carbonyl (C=O) groups is 2. The van der Waals surface area contributed by atoms with E-state index in [2.05, 4.69) is 32.0 Å². The van der Waals surface area contributed by atoms with Crippen LogP contribution < -0.4 is 10.6 Å². The van der Waals surface area contributed by atoms with Crippen molar-refractivity contribution in [2.75, 3.05) is 7.05 Å². The SMILES string of the molecule is CNC(=O)/C(C)=C/C(=C\C(Cc1ccccc1)=C(C)C)C(=O)N[C@H]1CCC1P. The summed E-state index contributed by atoms with van der Waals surface area (Å²) in [6.45, 7) is 5.82. The number of rotatable bonds is 7. The van der Waals surface area contributed by atoms with Gasteiger partial charge >= 0.3 is 0 Å². The average Bonchev–Trinajstić information content (AvgIpc) is 2.69. The van der Waals surface area contributed by atoms with Crippen LogP contribution in [0.4, 0.5) is 0 Å². The first-order valence-electron chi connectivity index (χ1n) is 9.70. The molecule has 1 aromatic carbocycles. The van der Waals surface area contributed by atoms with Gasteiger partial charge in [0.1, 0.15) is 0 Å². The van der Waals surface area contributed by atoms with Crippen molar-refractivity contribution in [3.8, 4) is 0 Å². The maximum absolute atomic E-state index is 13.0. The first-order chi connectivity index (χ1) is 13.3. The quantitative estimate of drug-likeness (QED) is 0.418. The van der Waals surface area contributed by atoms with Crippen LogP contribution in [-0.4, -0.2) is 30.6 Å². The van der Waals surface area contributed by atoms with Crippen LogP contribution >= 0.6 is 9.24 Å². The van der Waals surface area contributed by atoms with Crippen molar-refractivity contribution < 1.29 is 9.59 Å². The molecule has 2 unspecified atom stereocenters. The normalized spacial score (nSPS) is 19.5. The van der Waals surface area contributed by atoms with Gasteiger partial charge in [0.05, 0.1) is 0 Å². The van der Waals surface area contributed by atoms with Crippen molar-refractivity contribution in [2.24, 2.45) is 0 Å². The Morgan fingerprint density at radius 3 is 2.25 bits per heavy atom. The molecule has 2 amide bonds. The van der Waals surface area contributed by atoms with Crippen molar-refractivity contribution in [1.29, 1.82) is 0 Å². The van der Waals surface area contributed by atoms with Gasteiger partial charge in [-0.25, -0.2) is 0 Å². The van der Waals surface area contributed by atoms with E-state index >= 15 is 0 Å². The second-order valence-electron chi connectivity index (χ2n) is 7.51. The third-order valence-electron chi connectivity index (χ3n) is 5.07. The van der Waals surface area contributed by atoms with E-state index in [9.17, 15) is 9.59 Å². The molecule has 1 fully saturated rings. The maximum atomic E-state index is 13.0. The van der Waals surface area contributed by atoms with Crippen molar-refractivity contribution in [1.82, 2.24) is 10.6 Å². The molecule has 1 aromatic rings. The van der Waals surface area contributed by atoms with Crippen molar-refractivity contribution in [2.45, 2.75) is 51.7 Å². The van der Waals surface area contributed by atoms with E-state index in [4.69, 9.17) is 0 Å². The molecule has 28 heavy (non-hydrogen) atoms. The van der Waals surface area contributed by atoms with E-state index in [0.29, 0.717) is 16.8 Å². The van der Waals surface area contributed by atoms with Gasteiger partial charge < -0.3 is 10.6 Å². The van der Waals surface area contributed by atoms with Crippen molar-refractivity contribution in [3.63, 3.8) is 0 Å². The summed E-state index contributed by atoms with van der Waals surface area (Å²) in [5.74, 6) is -0.319. The Morgan fingerprint density at radius 1 is 1.07 bits per heavy atom. The van der Waals surface area contributed by atoms with Gasteiger partial charge in [-0.15, -0.1) is 9.24 Å². The minimum absolute atomic E-state index is 0.132. The van der Waals surface area contributed by atoms with Crippen molar-refractivity contribution in [3.05, 3.63) is 70.3 Å². The molecule has 1 aliphatic rings. The van der Waals surface area contributed by atoms with Crippen LogP contribution in [0.5, 0.6) is 0 Å². The molecule has 0 spiro atoms. The smallest absolute Gasteiger partial charge is 0.251 e. The second kappa shape index (κ2) is 10.4. The molecule has 2 N–H and O–H groups in total. The third-order valence-corrected chi connectivity index (χ3v) is 5.87. The van der Waals surface area contributed by atoms with Crippen molar-refractivity contribution >= 4 is 21.1 Å². The monoisotopic (exact) mass is 398 g/mol. The van der Waals surface area contributed by atoms with E-state index < -0.39 is 0 Å². The maximum Gasteiger partial charge on any atom is 0.251 e. The van der Waals surface area contributed by atoms with Crippen LogP contribution in [0.1, 0.15) is 39.2 Å². The Kier molecular flexibility index (Phi) is 8.19. The lowest BCUT2D eigenvalue weighted by molar-refractivity contribution is -0.118. The zero-order valence-electron chi connectivity index (χ0n) is 17.2. The number of benzene rings is 1. The number of amides is 2. The molecule has 150 valence electrons. The first-order valence-corrected chi connectivity index (χ1v) is 10.4. The molecular formula is C23H31N2O2P. The van der Waals surface area contributed by atoms with Gasteiger partial charge in [-0.05, 0) is 69.0 Å². The lowest BCUT2D eigenvalue weighted by Gasteiger charge is -2.34. The van der Waals surface area contributed by atoms with Gasteiger partial charge in [-0.3, -0.25) is 9.59 Å². The van der Waals surface area contributed by atoms with E-state index in [-0.39, 0.29) is 17.9 Å². The number of hydrogen-bond donors (Lipinski definition) is 2. The molecule has 5 heteroatoms. The van der Waals surface area contributed by atoms with Crippen LogP contribution in [0.15, 0.2) is 64.8 Å². The molecule has 0 aromatic heterocycles. The fourth-order valence-electron chi connectivity index (χ4n) is 3.00. The largest absolute Gasteiger partial charge is 0.355 e. The minimum Gasteiger partial charge on any atom is -0.355 e. The number of allylic oxidation sites excluding steroid dienone is 3. The van der Waals surface area contributed by atoms with Crippen LogP contribution in [-0.2, 0) is 16.0 Å². The van der Waals surface area contributed by atoms with Crippen LogP contribution in [0, 0.1) is 0 Å². The second-order valence-corrected chi connectivity index (χ2v) is 8.37. The van der Waals surface area contributed by atoms with E-state index in [0.717, 1.165) is 30.4 Å². The molecule has 4 nitrogen and oxygen atoms in total. The predicted molar refractivity (Wildman–Crippen MR) is 119 cm³/mol. The van der Waals surface area contributed by atoms with Crippen LogP contribution in [0.3, 0.4) is 0 Å². The summed E-state index contributed by atoms with van der Waals surface area (Å²) in [5.41, 5.74) is 4.85. The fraction of sp³-hybridized carbons (Fsp3) is 0.391. The Balaban J connectivity index is 2.35. The Labute approximate surface area is 170 Å². The molecule has 0 radical (unpaired) electrons. The molecule has 1 saturated carbocycles. The van der Waals surface area contributed by atoms with E-state index in [1.54, 1.807) is 20.0 Å². The topological polar surface area (TPSA) is 58.2 Å². The third kappa shape index (κ3) is 6.17. The predicted octanol–water partition coefficient (Wildman–Crippen LogP) is 3.71. The molecule has 1 aliphatic carbocycles. The zero-order chi connectivity index (χ0) is 20.7. The highest BCUT2D eigenvalue weighted by Crippen LogP contribution is 2.28. The fourth-order valence-corrected chi connectivity index (χ4v) is 3.48. The standard InChI is InChI=1S/C23H31N2O2P/c1-15(2)18(13-17-8-6-5-7-9-17)14-19(12-16(3)22(26)24-4)23(27)25-20-10-11-21(20)28/h5-9,12,14,20-21H,10-11,13,28H2,1-4H3,(H,24,26)(H,25,27)/b16-12+,19-14+/t20-,21?/m0/s1. The van der Waals surface area contributed by atoms with Gasteiger partial charge in [0, 0.05) is 24.2 Å². The first kappa shape index (κ1) is 22.1. The highest BCUT2D eigenvalue weighted by atomic mass is 31.0. The number of carbonyl (C=O) groups excluding carboxylic acids is 2. The van der Waals surface area contributed by atoms with Gasteiger partial charge in [0.2, 0.25) is 5.91 Å².